The number of hydrogen-bond donors (Lipinski definition) is 2. The first-order valence-electron chi connectivity index (χ1n) is 6.89. The molecule has 1 saturated heterocycles. The van der Waals surface area contributed by atoms with Gasteiger partial charge in [0.25, 0.3) is 0 Å². The standard InChI is InChI=1S/C15H24BrN3/c1-14(2)7-13(8-15(3,4)19-14)18-10-12-6-5-11(16)9-17-12/h5-6,9,13,18-19H,7-8,10H2,1-4H3. The molecule has 0 atom stereocenters. The van der Waals surface area contributed by atoms with E-state index in [0.29, 0.717) is 6.04 Å². The zero-order chi connectivity index (χ0) is 14.1. The average molecular weight is 326 g/mol. The third kappa shape index (κ3) is 4.55. The van der Waals surface area contributed by atoms with Crippen LogP contribution in [0.25, 0.3) is 0 Å². The number of halogens is 1. The number of piperidine rings is 1. The van der Waals surface area contributed by atoms with Gasteiger partial charge in [0.1, 0.15) is 0 Å². The summed E-state index contributed by atoms with van der Waals surface area (Å²) in [4.78, 5) is 4.41. The van der Waals surface area contributed by atoms with Gasteiger partial charge in [0.2, 0.25) is 0 Å². The molecule has 0 spiro atoms. The van der Waals surface area contributed by atoms with Gasteiger partial charge in [-0.05, 0) is 68.6 Å². The van der Waals surface area contributed by atoms with Crippen molar-refractivity contribution < 1.29 is 0 Å². The molecule has 2 rings (SSSR count). The maximum Gasteiger partial charge on any atom is 0.0542 e. The Kier molecular flexibility index (Phi) is 4.33. The van der Waals surface area contributed by atoms with Crippen molar-refractivity contribution in [3.05, 3.63) is 28.5 Å². The van der Waals surface area contributed by atoms with E-state index in [9.17, 15) is 0 Å². The van der Waals surface area contributed by atoms with Crippen LogP contribution in [0, 0.1) is 0 Å². The molecule has 2 N–H and O–H groups in total. The molecule has 0 radical (unpaired) electrons. The second-order valence-electron chi connectivity index (χ2n) is 6.85. The fourth-order valence-electron chi connectivity index (χ4n) is 3.23. The maximum atomic E-state index is 4.41. The van der Waals surface area contributed by atoms with Crippen molar-refractivity contribution in [2.75, 3.05) is 0 Å². The fourth-order valence-corrected chi connectivity index (χ4v) is 3.46. The van der Waals surface area contributed by atoms with Crippen molar-refractivity contribution in [2.24, 2.45) is 0 Å². The topological polar surface area (TPSA) is 37.0 Å². The summed E-state index contributed by atoms with van der Waals surface area (Å²) in [6.07, 6.45) is 4.15. The molecule has 4 heteroatoms. The average Bonchev–Trinajstić information content (AvgIpc) is 2.24. The van der Waals surface area contributed by atoms with Gasteiger partial charge in [0.05, 0.1) is 5.69 Å². The molecule has 0 aromatic carbocycles. The zero-order valence-electron chi connectivity index (χ0n) is 12.3. The molecule has 1 aromatic rings. The molecule has 0 aliphatic carbocycles. The fraction of sp³-hybridized carbons (Fsp3) is 0.667. The van der Waals surface area contributed by atoms with Gasteiger partial charge in [-0.25, -0.2) is 0 Å². The van der Waals surface area contributed by atoms with E-state index in [1.165, 1.54) is 0 Å². The van der Waals surface area contributed by atoms with Crippen LogP contribution in [0.1, 0.15) is 46.2 Å². The van der Waals surface area contributed by atoms with Crippen LogP contribution in [0.2, 0.25) is 0 Å². The van der Waals surface area contributed by atoms with E-state index in [2.05, 4.69) is 65.3 Å². The summed E-state index contributed by atoms with van der Waals surface area (Å²) in [6, 6.07) is 4.64. The molecule has 1 aromatic heterocycles. The van der Waals surface area contributed by atoms with Gasteiger partial charge in [-0.2, -0.15) is 0 Å². The van der Waals surface area contributed by atoms with Crippen LogP contribution in [0.5, 0.6) is 0 Å². The Morgan fingerprint density at radius 1 is 1.26 bits per heavy atom. The summed E-state index contributed by atoms with van der Waals surface area (Å²) >= 11 is 3.41. The van der Waals surface area contributed by atoms with Gasteiger partial charge >= 0.3 is 0 Å². The lowest BCUT2D eigenvalue weighted by Gasteiger charge is -2.46. The molecular formula is C15H24BrN3. The zero-order valence-corrected chi connectivity index (χ0v) is 13.8. The Balaban J connectivity index is 1.93. The van der Waals surface area contributed by atoms with Crippen LogP contribution < -0.4 is 10.6 Å². The lowest BCUT2D eigenvalue weighted by Crippen LogP contribution is -2.61. The second kappa shape index (κ2) is 5.51. The minimum Gasteiger partial charge on any atom is -0.308 e. The van der Waals surface area contributed by atoms with Gasteiger partial charge in [0, 0.05) is 34.3 Å². The highest BCUT2D eigenvalue weighted by Gasteiger charge is 2.37. The van der Waals surface area contributed by atoms with Crippen molar-refractivity contribution in [2.45, 2.75) is 64.2 Å². The lowest BCUT2D eigenvalue weighted by atomic mass is 9.79. The molecule has 0 unspecified atom stereocenters. The minimum atomic E-state index is 0.187. The van der Waals surface area contributed by atoms with Crippen molar-refractivity contribution in [3.63, 3.8) is 0 Å². The van der Waals surface area contributed by atoms with Crippen LogP contribution in [0.15, 0.2) is 22.8 Å². The minimum absolute atomic E-state index is 0.187. The molecule has 3 nitrogen and oxygen atoms in total. The van der Waals surface area contributed by atoms with E-state index in [0.717, 1.165) is 29.6 Å². The van der Waals surface area contributed by atoms with Crippen LogP contribution in [-0.2, 0) is 6.54 Å². The summed E-state index contributed by atoms with van der Waals surface area (Å²) in [5.41, 5.74) is 1.47. The SMILES string of the molecule is CC1(C)CC(NCc2ccc(Br)cn2)CC(C)(C)N1. The monoisotopic (exact) mass is 325 g/mol. The number of nitrogens with one attached hydrogen (secondary N) is 2. The predicted octanol–water partition coefficient (Wildman–Crippen LogP) is 3.24. The Hall–Kier alpha value is -0.450. The molecule has 1 fully saturated rings. The van der Waals surface area contributed by atoms with Gasteiger partial charge < -0.3 is 10.6 Å². The quantitative estimate of drug-likeness (QED) is 0.895. The molecule has 1 aliphatic rings. The van der Waals surface area contributed by atoms with Crippen molar-refractivity contribution in [3.8, 4) is 0 Å². The molecule has 19 heavy (non-hydrogen) atoms. The number of aromatic nitrogens is 1. The van der Waals surface area contributed by atoms with Crippen molar-refractivity contribution in [1.82, 2.24) is 15.6 Å². The first kappa shape index (κ1) is 14.9. The molecular weight excluding hydrogens is 302 g/mol. The number of nitrogens with zero attached hydrogens (tertiary/aromatic N) is 1. The Morgan fingerprint density at radius 2 is 1.89 bits per heavy atom. The summed E-state index contributed by atoms with van der Waals surface area (Å²) in [7, 11) is 0. The highest BCUT2D eigenvalue weighted by molar-refractivity contribution is 9.10. The highest BCUT2D eigenvalue weighted by atomic mass is 79.9. The third-order valence-electron chi connectivity index (χ3n) is 3.55. The van der Waals surface area contributed by atoms with Gasteiger partial charge in [-0.15, -0.1) is 0 Å². The van der Waals surface area contributed by atoms with E-state index in [1.54, 1.807) is 0 Å². The predicted molar refractivity (Wildman–Crippen MR) is 83.1 cm³/mol. The highest BCUT2D eigenvalue weighted by Crippen LogP contribution is 2.28. The Morgan fingerprint density at radius 3 is 2.42 bits per heavy atom. The Bertz CT molecular complexity index is 410. The largest absolute Gasteiger partial charge is 0.308 e. The third-order valence-corrected chi connectivity index (χ3v) is 4.02. The van der Waals surface area contributed by atoms with E-state index in [1.807, 2.05) is 12.3 Å². The van der Waals surface area contributed by atoms with Crippen molar-refractivity contribution >= 4 is 15.9 Å². The number of rotatable bonds is 3. The van der Waals surface area contributed by atoms with Gasteiger partial charge in [-0.3, -0.25) is 4.98 Å². The first-order valence-corrected chi connectivity index (χ1v) is 7.68. The normalized spacial score (nSPS) is 22.4. The van der Waals surface area contributed by atoms with Crippen LogP contribution in [-0.4, -0.2) is 22.1 Å². The molecule has 0 amide bonds. The van der Waals surface area contributed by atoms with Crippen LogP contribution in [0.3, 0.4) is 0 Å². The number of pyridine rings is 1. The van der Waals surface area contributed by atoms with E-state index < -0.39 is 0 Å². The summed E-state index contributed by atoms with van der Waals surface area (Å²) in [6.45, 7) is 9.95. The van der Waals surface area contributed by atoms with Gasteiger partial charge in [-0.1, -0.05) is 0 Å². The molecule has 1 aliphatic heterocycles. The van der Waals surface area contributed by atoms with Gasteiger partial charge in [0.15, 0.2) is 0 Å². The van der Waals surface area contributed by atoms with Crippen molar-refractivity contribution in [1.29, 1.82) is 0 Å². The van der Waals surface area contributed by atoms with E-state index in [-0.39, 0.29) is 11.1 Å². The number of hydrogen-bond acceptors (Lipinski definition) is 3. The van der Waals surface area contributed by atoms with Crippen LogP contribution in [0.4, 0.5) is 0 Å². The Labute approximate surface area is 124 Å². The smallest absolute Gasteiger partial charge is 0.0542 e. The van der Waals surface area contributed by atoms with Crippen LogP contribution >= 0.6 is 15.9 Å². The second-order valence-corrected chi connectivity index (χ2v) is 7.76. The molecule has 0 bridgehead atoms. The lowest BCUT2D eigenvalue weighted by molar-refractivity contribution is 0.145. The van der Waals surface area contributed by atoms with E-state index >= 15 is 0 Å². The maximum absolute atomic E-state index is 4.41. The summed E-state index contributed by atoms with van der Waals surface area (Å²) < 4.78 is 1.03. The first-order chi connectivity index (χ1) is 8.76. The molecule has 2 heterocycles. The molecule has 0 saturated carbocycles. The molecule has 106 valence electrons. The summed E-state index contributed by atoms with van der Waals surface area (Å²) in [5.74, 6) is 0. The summed E-state index contributed by atoms with van der Waals surface area (Å²) in [5, 5.41) is 7.36. The van der Waals surface area contributed by atoms with E-state index in [4.69, 9.17) is 0 Å².